The summed E-state index contributed by atoms with van der Waals surface area (Å²) in [4.78, 5) is 16.9. The van der Waals surface area contributed by atoms with Crippen LogP contribution in [0.3, 0.4) is 0 Å². The second kappa shape index (κ2) is 10.1. The molecule has 1 atom stereocenters. The third-order valence-electron chi connectivity index (χ3n) is 4.77. The molecule has 1 heterocycles. The maximum absolute atomic E-state index is 12.5. The van der Waals surface area contributed by atoms with Crippen LogP contribution in [0.15, 0.2) is 47.0 Å². The molecule has 0 aliphatic carbocycles. The van der Waals surface area contributed by atoms with Gasteiger partial charge in [-0.05, 0) is 68.1 Å². The van der Waals surface area contributed by atoms with Gasteiger partial charge < -0.3 is 19.3 Å². The van der Waals surface area contributed by atoms with Crippen molar-refractivity contribution in [1.29, 1.82) is 0 Å². The Morgan fingerprint density at radius 2 is 1.87 bits per heavy atom. The molecule has 3 rings (SSSR count). The van der Waals surface area contributed by atoms with Crippen molar-refractivity contribution >= 4 is 5.91 Å². The molecule has 1 aromatic heterocycles. The Morgan fingerprint density at radius 3 is 2.55 bits per heavy atom. The Hall–Kier alpha value is -3.35. The molecule has 1 N–H and O–H groups in total. The third-order valence-corrected chi connectivity index (χ3v) is 4.77. The first kappa shape index (κ1) is 22.3. The lowest BCUT2D eigenvalue weighted by molar-refractivity contribution is -0.127. The molecule has 0 saturated heterocycles. The molecule has 0 fully saturated rings. The van der Waals surface area contributed by atoms with Crippen molar-refractivity contribution < 1.29 is 18.8 Å². The molecule has 0 unspecified atom stereocenters. The van der Waals surface area contributed by atoms with Gasteiger partial charge in [-0.2, -0.15) is 4.98 Å². The summed E-state index contributed by atoms with van der Waals surface area (Å²) in [6, 6.07) is 13.5. The van der Waals surface area contributed by atoms with Crippen LogP contribution in [0, 0.1) is 6.92 Å². The summed E-state index contributed by atoms with van der Waals surface area (Å²) in [6.07, 6.45) is -0.659. The monoisotopic (exact) mass is 423 g/mol. The van der Waals surface area contributed by atoms with Crippen LogP contribution < -0.4 is 14.8 Å². The minimum Gasteiger partial charge on any atom is -0.494 e. The van der Waals surface area contributed by atoms with E-state index in [0.29, 0.717) is 24.2 Å². The maximum Gasteiger partial charge on any atom is 0.261 e. The summed E-state index contributed by atoms with van der Waals surface area (Å²) in [7, 11) is 0. The molecule has 2 aromatic carbocycles. The quantitative estimate of drug-likeness (QED) is 0.539. The van der Waals surface area contributed by atoms with E-state index < -0.39 is 6.10 Å². The molecular weight excluding hydrogens is 394 g/mol. The van der Waals surface area contributed by atoms with Crippen LogP contribution in [0.4, 0.5) is 0 Å². The van der Waals surface area contributed by atoms with E-state index in [2.05, 4.69) is 29.3 Å². The van der Waals surface area contributed by atoms with E-state index in [0.717, 1.165) is 28.2 Å². The number of hydrogen-bond donors (Lipinski definition) is 1. The van der Waals surface area contributed by atoms with Crippen molar-refractivity contribution in [2.75, 3.05) is 6.61 Å². The van der Waals surface area contributed by atoms with Crippen LogP contribution in [-0.2, 0) is 11.3 Å². The Balaban J connectivity index is 1.58. The molecular formula is C24H29N3O4. The molecule has 0 aliphatic rings. The van der Waals surface area contributed by atoms with Gasteiger partial charge in [-0.15, -0.1) is 0 Å². The number of benzene rings is 2. The highest BCUT2D eigenvalue weighted by Crippen LogP contribution is 2.28. The maximum atomic E-state index is 12.5. The number of carbonyl (C=O) groups excluding carboxylic acids is 1. The van der Waals surface area contributed by atoms with Crippen LogP contribution in [0.5, 0.6) is 11.5 Å². The first-order valence-electron chi connectivity index (χ1n) is 10.5. The number of nitrogens with one attached hydrogen (secondary N) is 1. The van der Waals surface area contributed by atoms with Crippen LogP contribution in [0.2, 0.25) is 0 Å². The SMILES string of the molecule is CCOc1ccc(-c2noc(CNC(=O)[C@H](C)Oc3cc(C)ccc3C(C)C)n2)cc1. The molecule has 164 valence electrons. The van der Waals surface area contributed by atoms with E-state index in [1.165, 1.54) is 0 Å². The van der Waals surface area contributed by atoms with Gasteiger partial charge in [-0.25, -0.2) is 0 Å². The van der Waals surface area contributed by atoms with E-state index in [1.54, 1.807) is 6.92 Å². The van der Waals surface area contributed by atoms with Gasteiger partial charge in [0.15, 0.2) is 6.10 Å². The summed E-state index contributed by atoms with van der Waals surface area (Å²) in [6.45, 7) is 10.6. The highest BCUT2D eigenvalue weighted by atomic mass is 16.5. The molecule has 0 spiro atoms. The van der Waals surface area contributed by atoms with Crippen molar-refractivity contribution in [3.63, 3.8) is 0 Å². The number of amides is 1. The van der Waals surface area contributed by atoms with Crippen LogP contribution in [0.25, 0.3) is 11.4 Å². The van der Waals surface area contributed by atoms with Gasteiger partial charge in [-0.3, -0.25) is 4.79 Å². The normalized spacial score (nSPS) is 11.9. The number of hydrogen-bond acceptors (Lipinski definition) is 6. The highest BCUT2D eigenvalue weighted by molar-refractivity contribution is 5.80. The first-order valence-corrected chi connectivity index (χ1v) is 10.5. The Labute approximate surface area is 182 Å². The highest BCUT2D eigenvalue weighted by Gasteiger charge is 2.18. The van der Waals surface area contributed by atoms with Gasteiger partial charge in [0.2, 0.25) is 11.7 Å². The van der Waals surface area contributed by atoms with Crippen molar-refractivity contribution in [2.24, 2.45) is 0 Å². The third kappa shape index (κ3) is 5.84. The summed E-state index contributed by atoms with van der Waals surface area (Å²) >= 11 is 0. The minimum absolute atomic E-state index is 0.126. The molecule has 0 aliphatic heterocycles. The summed E-state index contributed by atoms with van der Waals surface area (Å²) in [5.41, 5.74) is 2.96. The standard InChI is InChI=1S/C24H29N3O4/c1-6-29-19-10-8-18(9-11-19)23-26-22(31-27-23)14-25-24(28)17(5)30-21-13-16(4)7-12-20(21)15(2)3/h7-13,15,17H,6,14H2,1-5H3,(H,25,28)/t17-/m0/s1. The van der Waals surface area contributed by atoms with E-state index in [9.17, 15) is 4.79 Å². The van der Waals surface area contributed by atoms with Gasteiger partial charge in [0.25, 0.3) is 5.91 Å². The number of rotatable bonds is 9. The molecule has 0 saturated carbocycles. The second-order valence-electron chi connectivity index (χ2n) is 7.64. The van der Waals surface area contributed by atoms with Gasteiger partial charge in [0.1, 0.15) is 11.5 Å². The van der Waals surface area contributed by atoms with Gasteiger partial charge in [-0.1, -0.05) is 31.1 Å². The zero-order chi connectivity index (χ0) is 22.4. The first-order chi connectivity index (χ1) is 14.9. The summed E-state index contributed by atoms with van der Waals surface area (Å²) < 4.78 is 16.7. The second-order valence-corrected chi connectivity index (χ2v) is 7.64. The Bertz CT molecular complexity index is 1010. The van der Waals surface area contributed by atoms with E-state index >= 15 is 0 Å². The van der Waals surface area contributed by atoms with Gasteiger partial charge in [0, 0.05) is 5.56 Å². The number of nitrogens with zero attached hydrogens (tertiary/aromatic N) is 2. The predicted molar refractivity (Wildman–Crippen MR) is 118 cm³/mol. The van der Waals surface area contributed by atoms with E-state index in [4.69, 9.17) is 14.0 Å². The van der Waals surface area contributed by atoms with Gasteiger partial charge in [0.05, 0.1) is 13.2 Å². The average Bonchev–Trinajstić information content (AvgIpc) is 3.21. The van der Waals surface area contributed by atoms with Crippen LogP contribution in [-0.4, -0.2) is 28.8 Å². The average molecular weight is 424 g/mol. The summed E-state index contributed by atoms with van der Waals surface area (Å²) in [5, 5.41) is 6.78. The number of ether oxygens (including phenoxy) is 2. The molecule has 31 heavy (non-hydrogen) atoms. The zero-order valence-corrected chi connectivity index (χ0v) is 18.6. The minimum atomic E-state index is -0.659. The molecule has 1 amide bonds. The topological polar surface area (TPSA) is 86.5 Å². The van der Waals surface area contributed by atoms with Crippen molar-refractivity contribution in [2.45, 2.75) is 53.2 Å². The molecule has 3 aromatic rings. The lowest BCUT2D eigenvalue weighted by Crippen LogP contribution is -2.36. The molecule has 7 nitrogen and oxygen atoms in total. The van der Waals surface area contributed by atoms with Crippen molar-refractivity contribution in [3.05, 3.63) is 59.5 Å². The predicted octanol–water partition coefficient (Wildman–Crippen LogP) is 4.65. The zero-order valence-electron chi connectivity index (χ0n) is 18.6. The molecule has 7 heteroatoms. The Morgan fingerprint density at radius 1 is 1.13 bits per heavy atom. The fraction of sp³-hybridized carbons (Fsp3) is 0.375. The number of aryl methyl sites for hydroxylation is 1. The van der Waals surface area contributed by atoms with E-state index in [-0.39, 0.29) is 12.5 Å². The summed E-state index contributed by atoms with van der Waals surface area (Å²) in [5.74, 6) is 2.33. The van der Waals surface area contributed by atoms with Crippen LogP contribution in [0.1, 0.15) is 50.6 Å². The molecule has 0 bridgehead atoms. The fourth-order valence-corrected chi connectivity index (χ4v) is 3.08. The van der Waals surface area contributed by atoms with Crippen LogP contribution >= 0.6 is 0 Å². The van der Waals surface area contributed by atoms with E-state index in [1.807, 2.05) is 56.3 Å². The van der Waals surface area contributed by atoms with Crippen molar-refractivity contribution in [3.8, 4) is 22.9 Å². The Kier molecular flexibility index (Phi) is 7.28. The van der Waals surface area contributed by atoms with Crippen molar-refractivity contribution in [1.82, 2.24) is 15.5 Å². The fourth-order valence-electron chi connectivity index (χ4n) is 3.08. The largest absolute Gasteiger partial charge is 0.494 e. The lowest BCUT2D eigenvalue weighted by atomic mass is 10.0. The van der Waals surface area contributed by atoms with Gasteiger partial charge >= 0.3 is 0 Å². The lowest BCUT2D eigenvalue weighted by Gasteiger charge is -2.19. The smallest absolute Gasteiger partial charge is 0.261 e. The number of aromatic nitrogens is 2. The molecule has 0 radical (unpaired) electrons. The number of carbonyl (C=O) groups is 1.